The average Bonchev–Trinajstić information content (AvgIpc) is 2.98. The maximum atomic E-state index is 12.0. The van der Waals surface area contributed by atoms with E-state index in [2.05, 4.69) is 16.0 Å². The van der Waals surface area contributed by atoms with Crippen LogP contribution in [-0.2, 0) is 9.59 Å². The molecule has 128 valence electrons. The molecule has 2 atom stereocenters. The standard InChI is InChI=1S/C17H25N3O2.ClH/c1-12(15-4-3-5-16(10-15)20-13(2)21)19-17(22)7-6-14-8-9-18-11-14;/h3-5,10,12,14,18H,6-9,11H2,1-2H3,(H,19,22)(H,20,21);1H. The normalized spacial score (nSPS) is 17.9. The predicted octanol–water partition coefficient (Wildman–Crippen LogP) is 2.63. The first-order chi connectivity index (χ1) is 10.5. The topological polar surface area (TPSA) is 70.2 Å². The minimum absolute atomic E-state index is 0. The third-order valence-electron chi connectivity index (χ3n) is 4.03. The Morgan fingerprint density at radius 1 is 1.39 bits per heavy atom. The first kappa shape index (κ1) is 19.5. The second kappa shape index (κ2) is 9.53. The Morgan fingerprint density at radius 2 is 2.17 bits per heavy atom. The van der Waals surface area contributed by atoms with E-state index in [1.54, 1.807) is 0 Å². The van der Waals surface area contributed by atoms with Crippen molar-refractivity contribution in [2.24, 2.45) is 5.92 Å². The van der Waals surface area contributed by atoms with Gasteiger partial charge in [-0.2, -0.15) is 0 Å². The van der Waals surface area contributed by atoms with Crippen LogP contribution >= 0.6 is 12.4 Å². The van der Waals surface area contributed by atoms with Gasteiger partial charge in [-0.25, -0.2) is 0 Å². The van der Waals surface area contributed by atoms with E-state index in [4.69, 9.17) is 0 Å². The molecule has 1 aromatic carbocycles. The van der Waals surface area contributed by atoms with Gasteiger partial charge in [0.2, 0.25) is 11.8 Å². The maximum Gasteiger partial charge on any atom is 0.221 e. The summed E-state index contributed by atoms with van der Waals surface area (Å²) in [5.74, 6) is 0.618. The fourth-order valence-electron chi connectivity index (χ4n) is 2.78. The van der Waals surface area contributed by atoms with Crippen LogP contribution in [0.5, 0.6) is 0 Å². The molecule has 0 spiro atoms. The van der Waals surface area contributed by atoms with Gasteiger partial charge in [0.1, 0.15) is 0 Å². The number of nitrogens with one attached hydrogen (secondary N) is 3. The Balaban J connectivity index is 0.00000264. The maximum absolute atomic E-state index is 12.0. The van der Waals surface area contributed by atoms with Crippen LogP contribution in [0, 0.1) is 5.92 Å². The average molecular weight is 340 g/mol. The minimum atomic E-state index is -0.0981. The lowest BCUT2D eigenvalue weighted by molar-refractivity contribution is -0.122. The van der Waals surface area contributed by atoms with Crippen molar-refractivity contribution in [3.8, 4) is 0 Å². The first-order valence-corrected chi connectivity index (χ1v) is 7.92. The van der Waals surface area contributed by atoms with Crippen LogP contribution in [0.1, 0.15) is 44.7 Å². The molecule has 1 aliphatic heterocycles. The molecule has 0 bridgehead atoms. The SMILES string of the molecule is CC(=O)Nc1cccc(C(C)NC(=O)CCC2CCNC2)c1.Cl. The zero-order valence-corrected chi connectivity index (χ0v) is 14.5. The second-order valence-electron chi connectivity index (χ2n) is 5.99. The highest BCUT2D eigenvalue weighted by atomic mass is 35.5. The van der Waals surface area contributed by atoms with Crippen molar-refractivity contribution in [2.75, 3.05) is 18.4 Å². The highest BCUT2D eigenvalue weighted by Crippen LogP contribution is 2.18. The lowest BCUT2D eigenvalue weighted by Gasteiger charge is -2.16. The Bertz CT molecular complexity index is 530. The van der Waals surface area contributed by atoms with Crippen molar-refractivity contribution in [3.63, 3.8) is 0 Å². The fourth-order valence-corrected chi connectivity index (χ4v) is 2.78. The number of carbonyl (C=O) groups is 2. The molecule has 1 aliphatic rings. The molecule has 1 aromatic rings. The molecule has 0 aromatic heterocycles. The highest BCUT2D eigenvalue weighted by Gasteiger charge is 2.16. The van der Waals surface area contributed by atoms with Gasteiger partial charge in [0.05, 0.1) is 6.04 Å². The van der Waals surface area contributed by atoms with Crippen LogP contribution in [0.3, 0.4) is 0 Å². The zero-order chi connectivity index (χ0) is 15.9. The summed E-state index contributed by atoms with van der Waals surface area (Å²) in [4.78, 5) is 23.1. The summed E-state index contributed by atoms with van der Waals surface area (Å²) in [6.07, 6.45) is 2.68. The summed E-state index contributed by atoms with van der Waals surface area (Å²) in [5, 5.41) is 9.10. The Kier molecular flexibility index (Phi) is 8.06. The van der Waals surface area contributed by atoms with Crippen molar-refractivity contribution >= 4 is 29.9 Å². The molecule has 5 nitrogen and oxygen atoms in total. The number of halogens is 1. The van der Waals surface area contributed by atoms with E-state index in [9.17, 15) is 9.59 Å². The van der Waals surface area contributed by atoms with E-state index in [1.165, 1.54) is 13.3 Å². The molecular weight excluding hydrogens is 314 g/mol. The van der Waals surface area contributed by atoms with E-state index >= 15 is 0 Å². The van der Waals surface area contributed by atoms with Gasteiger partial charge in [0.15, 0.2) is 0 Å². The van der Waals surface area contributed by atoms with Crippen LogP contribution in [-0.4, -0.2) is 24.9 Å². The van der Waals surface area contributed by atoms with Gasteiger partial charge in [-0.05, 0) is 56.5 Å². The Labute approximate surface area is 144 Å². The number of carbonyl (C=O) groups excluding carboxylic acids is 2. The molecule has 2 rings (SSSR count). The summed E-state index contributed by atoms with van der Waals surface area (Å²) >= 11 is 0. The number of amides is 2. The fraction of sp³-hybridized carbons (Fsp3) is 0.529. The summed E-state index contributed by atoms with van der Waals surface area (Å²) in [7, 11) is 0. The summed E-state index contributed by atoms with van der Waals surface area (Å²) in [6.45, 7) is 5.54. The van der Waals surface area contributed by atoms with E-state index in [0.717, 1.165) is 30.8 Å². The van der Waals surface area contributed by atoms with Crippen LogP contribution in [0.15, 0.2) is 24.3 Å². The number of hydrogen-bond acceptors (Lipinski definition) is 3. The van der Waals surface area contributed by atoms with Gasteiger partial charge in [-0.3, -0.25) is 9.59 Å². The van der Waals surface area contributed by atoms with Crippen LogP contribution in [0.4, 0.5) is 5.69 Å². The largest absolute Gasteiger partial charge is 0.350 e. The smallest absolute Gasteiger partial charge is 0.221 e. The summed E-state index contributed by atoms with van der Waals surface area (Å²) in [5.41, 5.74) is 1.74. The molecule has 1 heterocycles. The third-order valence-corrected chi connectivity index (χ3v) is 4.03. The van der Waals surface area contributed by atoms with Crippen LogP contribution in [0.2, 0.25) is 0 Å². The lowest BCUT2D eigenvalue weighted by atomic mass is 10.0. The molecule has 0 saturated carbocycles. The molecule has 23 heavy (non-hydrogen) atoms. The first-order valence-electron chi connectivity index (χ1n) is 7.92. The summed E-state index contributed by atoms with van der Waals surface area (Å²) in [6, 6.07) is 7.51. The van der Waals surface area contributed by atoms with Crippen molar-refractivity contribution in [3.05, 3.63) is 29.8 Å². The van der Waals surface area contributed by atoms with E-state index in [1.807, 2.05) is 31.2 Å². The Morgan fingerprint density at radius 3 is 2.83 bits per heavy atom. The van der Waals surface area contributed by atoms with Crippen molar-refractivity contribution in [1.82, 2.24) is 10.6 Å². The third kappa shape index (κ3) is 6.59. The number of benzene rings is 1. The minimum Gasteiger partial charge on any atom is -0.350 e. The van der Waals surface area contributed by atoms with Crippen LogP contribution < -0.4 is 16.0 Å². The van der Waals surface area contributed by atoms with E-state index in [0.29, 0.717) is 12.3 Å². The molecule has 6 heteroatoms. The lowest BCUT2D eigenvalue weighted by Crippen LogP contribution is -2.27. The monoisotopic (exact) mass is 339 g/mol. The van der Waals surface area contributed by atoms with Gasteiger partial charge in [0.25, 0.3) is 0 Å². The number of rotatable bonds is 6. The molecule has 0 aliphatic carbocycles. The predicted molar refractivity (Wildman–Crippen MR) is 94.8 cm³/mol. The van der Waals surface area contributed by atoms with Crippen LogP contribution in [0.25, 0.3) is 0 Å². The molecular formula is C17H26ClN3O2. The molecule has 2 amide bonds. The van der Waals surface area contributed by atoms with Crippen molar-refractivity contribution < 1.29 is 9.59 Å². The van der Waals surface area contributed by atoms with Gasteiger partial charge >= 0.3 is 0 Å². The highest BCUT2D eigenvalue weighted by molar-refractivity contribution is 5.88. The number of anilines is 1. The molecule has 1 saturated heterocycles. The quantitative estimate of drug-likeness (QED) is 0.746. The van der Waals surface area contributed by atoms with Crippen molar-refractivity contribution in [2.45, 2.75) is 39.2 Å². The second-order valence-corrected chi connectivity index (χ2v) is 5.99. The van der Waals surface area contributed by atoms with Gasteiger partial charge in [-0.15, -0.1) is 12.4 Å². The Hall–Kier alpha value is -1.59. The van der Waals surface area contributed by atoms with E-state index < -0.39 is 0 Å². The zero-order valence-electron chi connectivity index (χ0n) is 13.7. The molecule has 2 unspecified atom stereocenters. The molecule has 3 N–H and O–H groups in total. The summed E-state index contributed by atoms with van der Waals surface area (Å²) < 4.78 is 0. The molecule has 0 radical (unpaired) electrons. The van der Waals surface area contributed by atoms with Crippen molar-refractivity contribution in [1.29, 1.82) is 0 Å². The number of hydrogen-bond donors (Lipinski definition) is 3. The van der Waals surface area contributed by atoms with Gasteiger partial charge < -0.3 is 16.0 Å². The van der Waals surface area contributed by atoms with Gasteiger partial charge in [-0.1, -0.05) is 12.1 Å². The van der Waals surface area contributed by atoms with E-state index in [-0.39, 0.29) is 30.3 Å². The van der Waals surface area contributed by atoms with Gasteiger partial charge in [0, 0.05) is 19.0 Å². The molecule has 1 fully saturated rings.